The lowest BCUT2D eigenvalue weighted by molar-refractivity contribution is 0.414. The monoisotopic (exact) mass is 273 g/mol. The van der Waals surface area contributed by atoms with Gasteiger partial charge in [-0.2, -0.15) is 0 Å². The smallest absolute Gasteiger partial charge is 0.123 e. The fourth-order valence-electron chi connectivity index (χ4n) is 2.37. The second-order valence-electron chi connectivity index (χ2n) is 4.86. The molecule has 0 heterocycles. The van der Waals surface area contributed by atoms with Gasteiger partial charge in [-0.1, -0.05) is 24.3 Å². The summed E-state index contributed by atoms with van der Waals surface area (Å²) in [5.41, 5.74) is 2.36. The lowest BCUT2D eigenvalue weighted by atomic mass is 9.92. The maximum atomic E-state index is 13.0. The van der Waals surface area contributed by atoms with Crippen molar-refractivity contribution in [3.05, 3.63) is 65.5 Å². The van der Waals surface area contributed by atoms with E-state index in [4.69, 9.17) is 4.74 Å². The highest BCUT2D eigenvalue weighted by Crippen LogP contribution is 2.23. The first kappa shape index (κ1) is 14.5. The Morgan fingerprint density at radius 3 is 2.55 bits per heavy atom. The maximum absolute atomic E-state index is 13.0. The Morgan fingerprint density at radius 1 is 1.15 bits per heavy atom. The van der Waals surface area contributed by atoms with Crippen molar-refractivity contribution >= 4 is 0 Å². The largest absolute Gasteiger partial charge is 0.497 e. The molecule has 2 aromatic rings. The van der Waals surface area contributed by atoms with Gasteiger partial charge in [-0.3, -0.25) is 0 Å². The number of rotatable bonds is 6. The van der Waals surface area contributed by atoms with E-state index in [0.29, 0.717) is 5.92 Å². The van der Waals surface area contributed by atoms with Gasteiger partial charge < -0.3 is 10.1 Å². The number of hydrogen-bond donors (Lipinski definition) is 1. The summed E-state index contributed by atoms with van der Waals surface area (Å²) in [7, 11) is 3.60. The SMILES string of the molecule is CNCC(Cc1cccc(OC)c1)c1ccc(F)cc1. The molecule has 0 aliphatic carbocycles. The van der Waals surface area contributed by atoms with Gasteiger partial charge in [0.15, 0.2) is 0 Å². The van der Waals surface area contributed by atoms with E-state index in [1.165, 1.54) is 17.7 Å². The summed E-state index contributed by atoms with van der Waals surface area (Å²) in [4.78, 5) is 0. The van der Waals surface area contributed by atoms with Gasteiger partial charge in [0.2, 0.25) is 0 Å². The average Bonchev–Trinajstić information content (AvgIpc) is 2.48. The summed E-state index contributed by atoms with van der Waals surface area (Å²) >= 11 is 0. The van der Waals surface area contributed by atoms with Crippen LogP contribution in [0, 0.1) is 5.82 Å². The van der Waals surface area contributed by atoms with Crippen molar-refractivity contribution in [1.82, 2.24) is 5.32 Å². The highest BCUT2D eigenvalue weighted by Gasteiger charge is 2.12. The maximum Gasteiger partial charge on any atom is 0.123 e. The van der Waals surface area contributed by atoms with Crippen LogP contribution in [0.4, 0.5) is 4.39 Å². The Bertz CT molecular complexity index is 539. The van der Waals surface area contributed by atoms with Crippen molar-refractivity contribution in [3.8, 4) is 5.75 Å². The topological polar surface area (TPSA) is 21.3 Å². The second kappa shape index (κ2) is 7.06. The van der Waals surface area contributed by atoms with Crippen LogP contribution in [-0.4, -0.2) is 20.7 Å². The van der Waals surface area contributed by atoms with E-state index < -0.39 is 0 Å². The number of likely N-dealkylation sites (N-methyl/N-ethyl adjacent to an activating group) is 1. The third kappa shape index (κ3) is 3.81. The van der Waals surface area contributed by atoms with Gasteiger partial charge in [0, 0.05) is 12.5 Å². The molecule has 2 nitrogen and oxygen atoms in total. The van der Waals surface area contributed by atoms with Crippen LogP contribution in [-0.2, 0) is 6.42 Å². The second-order valence-corrected chi connectivity index (χ2v) is 4.86. The quantitative estimate of drug-likeness (QED) is 0.871. The molecule has 0 bridgehead atoms. The minimum absolute atomic E-state index is 0.196. The molecule has 0 saturated carbocycles. The summed E-state index contributed by atoms with van der Waals surface area (Å²) in [6.07, 6.45) is 0.893. The lowest BCUT2D eigenvalue weighted by Gasteiger charge is -2.17. The van der Waals surface area contributed by atoms with Crippen LogP contribution in [0.1, 0.15) is 17.0 Å². The van der Waals surface area contributed by atoms with Crippen LogP contribution in [0.3, 0.4) is 0 Å². The first-order chi connectivity index (χ1) is 9.72. The van der Waals surface area contributed by atoms with E-state index in [9.17, 15) is 4.39 Å². The molecule has 2 rings (SSSR count). The van der Waals surface area contributed by atoms with Gasteiger partial charge in [0.25, 0.3) is 0 Å². The first-order valence-corrected chi connectivity index (χ1v) is 6.76. The Morgan fingerprint density at radius 2 is 1.90 bits per heavy atom. The van der Waals surface area contributed by atoms with Gasteiger partial charge in [0.1, 0.15) is 11.6 Å². The Hall–Kier alpha value is -1.87. The van der Waals surface area contributed by atoms with Crippen molar-refractivity contribution in [2.45, 2.75) is 12.3 Å². The number of hydrogen-bond acceptors (Lipinski definition) is 2. The van der Waals surface area contributed by atoms with Gasteiger partial charge in [0.05, 0.1) is 7.11 Å². The van der Waals surface area contributed by atoms with E-state index in [1.807, 2.05) is 37.4 Å². The molecule has 0 aliphatic rings. The number of benzene rings is 2. The van der Waals surface area contributed by atoms with Crippen molar-refractivity contribution < 1.29 is 9.13 Å². The van der Waals surface area contributed by atoms with Crippen molar-refractivity contribution in [2.24, 2.45) is 0 Å². The van der Waals surface area contributed by atoms with Gasteiger partial charge in [-0.25, -0.2) is 4.39 Å². The van der Waals surface area contributed by atoms with Crippen LogP contribution < -0.4 is 10.1 Å². The van der Waals surface area contributed by atoms with E-state index in [1.54, 1.807) is 7.11 Å². The summed E-state index contributed by atoms with van der Waals surface area (Å²) in [5, 5.41) is 3.20. The molecule has 0 radical (unpaired) electrons. The molecule has 20 heavy (non-hydrogen) atoms. The van der Waals surface area contributed by atoms with E-state index in [2.05, 4.69) is 11.4 Å². The highest BCUT2D eigenvalue weighted by atomic mass is 19.1. The molecule has 0 aliphatic heterocycles. The van der Waals surface area contributed by atoms with Crippen molar-refractivity contribution in [1.29, 1.82) is 0 Å². The Balaban J connectivity index is 2.18. The minimum atomic E-state index is -0.196. The predicted molar refractivity (Wildman–Crippen MR) is 79.8 cm³/mol. The highest BCUT2D eigenvalue weighted by molar-refractivity contribution is 5.31. The fraction of sp³-hybridized carbons (Fsp3) is 0.294. The van der Waals surface area contributed by atoms with Gasteiger partial charge in [-0.05, 0) is 48.9 Å². The zero-order valence-corrected chi connectivity index (χ0v) is 11.9. The summed E-state index contributed by atoms with van der Waals surface area (Å²) in [5.74, 6) is 0.982. The molecule has 106 valence electrons. The molecule has 0 aromatic heterocycles. The molecule has 2 aromatic carbocycles. The average molecular weight is 273 g/mol. The zero-order valence-electron chi connectivity index (χ0n) is 11.9. The molecular weight excluding hydrogens is 253 g/mol. The molecule has 0 spiro atoms. The van der Waals surface area contributed by atoms with Crippen LogP contribution >= 0.6 is 0 Å². The zero-order chi connectivity index (χ0) is 14.4. The number of methoxy groups -OCH3 is 1. The number of nitrogens with one attached hydrogen (secondary N) is 1. The van der Waals surface area contributed by atoms with Crippen LogP contribution in [0.25, 0.3) is 0 Å². The minimum Gasteiger partial charge on any atom is -0.497 e. The predicted octanol–water partition coefficient (Wildman–Crippen LogP) is 3.38. The third-order valence-corrected chi connectivity index (χ3v) is 3.41. The fourth-order valence-corrected chi connectivity index (χ4v) is 2.37. The number of halogens is 1. The van der Waals surface area contributed by atoms with E-state index >= 15 is 0 Å². The molecule has 0 saturated heterocycles. The molecular formula is C17H20FNO. The molecule has 1 atom stereocenters. The lowest BCUT2D eigenvalue weighted by Crippen LogP contribution is -2.19. The molecule has 3 heteroatoms. The molecule has 1 N–H and O–H groups in total. The Kier molecular flexibility index (Phi) is 5.13. The Labute approximate surface area is 119 Å². The molecule has 0 fully saturated rings. The van der Waals surface area contributed by atoms with E-state index in [0.717, 1.165) is 24.3 Å². The van der Waals surface area contributed by atoms with Crippen molar-refractivity contribution in [3.63, 3.8) is 0 Å². The van der Waals surface area contributed by atoms with Gasteiger partial charge in [-0.15, -0.1) is 0 Å². The normalized spacial score (nSPS) is 12.2. The van der Waals surface area contributed by atoms with Crippen molar-refractivity contribution in [2.75, 3.05) is 20.7 Å². The standard InChI is InChI=1S/C17H20FNO/c1-19-12-15(14-6-8-16(18)9-7-14)10-13-4-3-5-17(11-13)20-2/h3-9,11,15,19H,10,12H2,1-2H3. The van der Waals surface area contributed by atoms with Crippen LogP contribution in [0.5, 0.6) is 5.75 Å². The number of ether oxygens (including phenoxy) is 1. The van der Waals surface area contributed by atoms with Crippen LogP contribution in [0.2, 0.25) is 0 Å². The summed E-state index contributed by atoms with van der Waals surface area (Å²) in [6, 6.07) is 14.8. The molecule has 0 amide bonds. The van der Waals surface area contributed by atoms with Crippen LogP contribution in [0.15, 0.2) is 48.5 Å². The summed E-state index contributed by atoms with van der Waals surface area (Å²) < 4.78 is 18.3. The third-order valence-electron chi connectivity index (χ3n) is 3.41. The van der Waals surface area contributed by atoms with E-state index in [-0.39, 0.29) is 5.82 Å². The first-order valence-electron chi connectivity index (χ1n) is 6.76. The van der Waals surface area contributed by atoms with Gasteiger partial charge >= 0.3 is 0 Å². The summed E-state index contributed by atoms with van der Waals surface area (Å²) in [6.45, 7) is 0.850. The molecule has 1 unspecified atom stereocenters.